The van der Waals surface area contributed by atoms with Gasteiger partial charge in [-0.2, -0.15) is 0 Å². The number of benzene rings is 3. The van der Waals surface area contributed by atoms with Gasteiger partial charge in [0.25, 0.3) is 0 Å². The molecule has 8 nitrogen and oxygen atoms in total. The van der Waals surface area contributed by atoms with Crippen molar-refractivity contribution in [1.82, 2.24) is 0 Å². The van der Waals surface area contributed by atoms with Gasteiger partial charge in [-0.3, -0.25) is 0 Å². The molecule has 0 aliphatic carbocycles. The molecule has 0 radical (unpaired) electrons. The Kier molecular flexibility index (Phi) is 15.0. The van der Waals surface area contributed by atoms with Crippen molar-refractivity contribution in [2.75, 3.05) is 55.9 Å². The summed E-state index contributed by atoms with van der Waals surface area (Å²) in [5, 5.41) is 0. The molecule has 0 fully saturated rings. The van der Waals surface area contributed by atoms with Gasteiger partial charge in [0.2, 0.25) is 0 Å². The first-order chi connectivity index (χ1) is 22.5. The van der Waals surface area contributed by atoms with Crippen LogP contribution in [0.15, 0.2) is 36.4 Å². The number of hydrogen-bond donors (Lipinski definition) is 0. The first-order valence-corrected chi connectivity index (χ1v) is 15.9. The van der Waals surface area contributed by atoms with Crippen LogP contribution in [-0.4, -0.2) is 55.9 Å². The van der Waals surface area contributed by atoms with E-state index in [1.165, 1.54) is 0 Å². The molecule has 0 aromatic heterocycles. The zero-order valence-electron chi connectivity index (χ0n) is 28.7. The molecule has 250 valence electrons. The van der Waals surface area contributed by atoms with Crippen molar-refractivity contribution in [3.63, 3.8) is 0 Å². The van der Waals surface area contributed by atoms with Crippen LogP contribution in [0.5, 0.6) is 46.0 Å². The molecule has 0 unspecified atom stereocenters. The summed E-state index contributed by atoms with van der Waals surface area (Å²) in [6.45, 7) is 5.56. The number of hydrogen-bond acceptors (Lipinski definition) is 8. The second kappa shape index (κ2) is 19.1. The molecule has 0 amide bonds. The van der Waals surface area contributed by atoms with Gasteiger partial charge in [-0.1, -0.05) is 51.7 Å². The van der Waals surface area contributed by atoms with Crippen LogP contribution in [0.2, 0.25) is 0 Å². The van der Waals surface area contributed by atoms with Gasteiger partial charge in [-0.15, -0.1) is 0 Å². The lowest BCUT2D eigenvalue weighted by Gasteiger charge is -2.16. The SMILES string of the molecule is CCCCCOc1cc(/C=C/c2c(OC)cc(OC)cc2OC)c(OCCCCC)cc1/C=C/c1c(OC)cc(OC)cc1OC. The van der Waals surface area contributed by atoms with Crippen molar-refractivity contribution in [2.45, 2.75) is 52.4 Å². The quantitative estimate of drug-likeness (QED) is 0.0900. The normalized spacial score (nSPS) is 11.1. The summed E-state index contributed by atoms with van der Waals surface area (Å²) < 4.78 is 46.4. The highest BCUT2D eigenvalue weighted by Gasteiger charge is 2.15. The summed E-state index contributed by atoms with van der Waals surface area (Å²) in [4.78, 5) is 0. The highest BCUT2D eigenvalue weighted by molar-refractivity contribution is 5.83. The van der Waals surface area contributed by atoms with Crippen LogP contribution in [0.4, 0.5) is 0 Å². The second-order valence-corrected chi connectivity index (χ2v) is 10.6. The minimum absolute atomic E-state index is 0.601. The van der Waals surface area contributed by atoms with Gasteiger partial charge in [-0.25, -0.2) is 0 Å². The molecule has 0 heterocycles. The molecule has 3 aromatic carbocycles. The van der Waals surface area contributed by atoms with Gasteiger partial charge < -0.3 is 37.9 Å². The lowest BCUT2D eigenvalue weighted by atomic mass is 10.0. The molecule has 3 rings (SSSR count). The van der Waals surface area contributed by atoms with E-state index < -0.39 is 0 Å². The molecular weight excluding hydrogens is 584 g/mol. The number of rotatable bonds is 20. The van der Waals surface area contributed by atoms with E-state index >= 15 is 0 Å². The third-order valence-corrected chi connectivity index (χ3v) is 7.52. The molecule has 0 spiro atoms. The van der Waals surface area contributed by atoms with Crippen molar-refractivity contribution in [2.24, 2.45) is 0 Å². The zero-order chi connectivity index (χ0) is 33.3. The van der Waals surface area contributed by atoms with Crippen LogP contribution in [0.1, 0.15) is 74.6 Å². The van der Waals surface area contributed by atoms with Gasteiger partial charge in [0.05, 0.1) is 67.0 Å². The Balaban J connectivity index is 2.15. The van der Waals surface area contributed by atoms with E-state index in [9.17, 15) is 0 Å². The highest BCUT2D eigenvalue weighted by Crippen LogP contribution is 2.39. The average molecular weight is 635 g/mol. The number of ether oxygens (including phenoxy) is 8. The largest absolute Gasteiger partial charge is 0.496 e. The van der Waals surface area contributed by atoms with E-state index in [4.69, 9.17) is 37.9 Å². The van der Waals surface area contributed by atoms with Crippen molar-refractivity contribution < 1.29 is 37.9 Å². The highest BCUT2D eigenvalue weighted by atomic mass is 16.5. The van der Waals surface area contributed by atoms with E-state index in [0.29, 0.717) is 47.7 Å². The molecule has 0 aliphatic heterocycles. The Morgan fingerprint density at radius 3 is 1.04 bits per heavy atom. The second-order valence-electron chi connectivity index (χ2n) is 10.6. The van der Waals surface area contributed by atoms with Gasteiger partial charge in [0.15, 0.2) is 0 Å². The predicted octanol–water partition coefficient (Wildman–Crippen LogP) is 9.22. The van der Waals surface area contributed by atoms with E-state index in [1.807, 2.05) is 60.7 Å². The van der Waals surface area contributed by atoms with Crippen molar-refractivity contribution in [3.8, 4) is 46.0 Å². The van der Waals surface area contributed by atoms with Crippen molar-refractivity contribution in [3.05, 3.63) is 58.7 Å². The van der Waals surface area contributed by atoms with Crippen LogP contribution in [-0.2, 0) is 0 Å². The third kappa shape index (κ3) is 9.77. The summed E-state index contributed by atoms with van der Waals surface area (Å²) in [5.74, 6) is 5.32. The monoisotopic (exact) mass is 634 g/mol. The molecule has 3 aromatic rings. The van der Waals surface area contributed by atoms with Crippen LogP contribution >= 0.6 is 0 Å². The fraction of sp³-hybridized carbons (Fsp3) is 0.421. The predicted molar refractivity (Wildman–Crippen MR) is 187 cm³/mol. The molecule has 0 saturated heterocycles. The maximum atomic E-state index is 6.40. The fourth-order valence-corrected chi connectivity index (χ4v) is 4.91. The van der Waals surface area contributed by atoms with Crippen molar-refractivity contribution in [1.29, 1.82) is 0 Å². The fourth-order valence-electron chi connectivity index (χ4n) is 4.91. The van der Waals surface area contributed by atoms with Crippen LogP contribution in [0.3, 0.4) is 0 Å². The first kappa shape index (κ1) is 36.0. The Labute approximate surface area is 274 Å². The topological polar surface area (TPSA) is 73.8 Å². The average Bonchev–Trinajstić information content (AvgIpc) is 3.09. The first-order valence-electron chi connectivity index (χ1n) is 15.9. The van der Waals surface area contributed by atoms with E-state index in [1.54, 1.807) is 42.7 Å². The lowest BCUT2D eigenvalue weighted by Crippen LogP contribution is -2.03. The van der Waals surface area contributed by atoms with Gasteiger partial charge in [0, 0.05) is 35.4 Å². The molecule has 46 heavy (non-hydrogen) atoms. The summed E-state index contributed by atoms with van der Waals surface area (Å²) in [5.41, 5.74) is 3.32. The minimum Gasteiger partial charge on any atom is -0.496 e. The van der Waals surface area contributed by atoms with Crippen molar-refractivity contribution >= 4 is 24.3 Å². The Hall–Kier alpha value is -4.46. The van der Waals surface area contributed by atoms with Gasteiger partial charge >= 0.3 is 0 Å². The summed E-state index contributed by atoms with van der Waals surface area (Å²) >= 11 is 0. The number of methoxy groups -OCH3 is 6. The van der Waals surface area contributed by atoms with E-state index in [0.717, 1.165) is 72.3 Å². The zero-order valence-corrected chi connectivity index (χ0v) is 28.7. The molecule has 0 saturated carbocycles. The Morgan fingerprint density at radius 1 is 0.413 bits per heavy atom. The van der Waals surface area contributed by atoms with Crippen LogP contribution in [0.25, 0.3) is 24.3 Å². The van der Waals surface area contributed by atoms with Crippen LogP contribution in [0, 0.1) is 0 Å². The standard InChI is InChI=1S/C38H50O8/c1-9-11-13-19-45-33-21-28(16-18-32-37(43-7)25-30(40-4)26-38(32)44-8)34(46-20-14-12-10-2)22-27(33)15-17-31-35(41-5)23-29(39-3)24-36(31)42-6/h15-18,21-26H,9-14,19-20H2,1-8H3/b17-15+,18-16+. The molecule has 8 heteroatoms. The molecule has 0 aliphatic rings. The molecular formula is C38H50O8. The Morgan fingerprint density at radius 2 is 0.761 bits per heavy atom. The summed E-state index contributed by atoms with van der Waals surface area (Å²) in [6.07, 6.45) is 14.3. The number of unbranched alkanes of at least 4 members (excludes halogenated alkanes) is 4. The van der Waals surface area contributed by atoms with E-state index in [2.05, 4.69) is 13.8 Å². The van der Waals surface area contributed by atoms with Gasteiger partial charge in [-0.05, 0) is 37.1 Å². The lowest BCUT2D eigenvalue weighted by molar-refractivity contribution is 0.297. The third-order valence-electron chi connectivity index (χ3n) is 7.52. The summed E-state index contributed by atoms with van der Waals surface area (Å²) in [7, 11) is 9.75. The van der Waals surface area contributed by atoms with Gasteiger partial charge in [0.1, 0.15) is 46.0 Å². The molecule has 0 N–H and O–H groups in total. The molecule has 0 bridgehead atoms. The molecule has 0 atom stereocenters. The van der Waals surface area contributed by atoms with Crippen LogP contribution < -0.4 is 37.9 Å². The summed E-state index contributed by atoms with van der Waals surface area (Å²) in [6, 6.07) is 11.4. The smallest absolute Gasteiger partial charge is 0.133 e. The Bertz CT molecular complexity index is 1280. The minimum atomic E-state index is 0.601. The maximum Gasteiger partial charge on any atom is 0.133 e. The maximum absolute atomic E-state index is 6.40. The van der Waals surface area contributed by atoms with E-state index in [-0.39, 0.29) is 0 Å².